The van der Waals surface area contributed by atoms with Crippen molar-refractivity contribution in [2.45, 2.75) is 12.1 Å². The highest BCUT2D eigenvalue weighted by Gasteiger charge is 2.58. The molecule has 0 atom stereocenters. The summed E-state index contributed by atoms with van der Waals surface area (Å²) in [6.07, 6.45) is -5.30. The number of hydrazine groups is 1. The van der Waals surface area contributed by atoms with Crippen LogP contribution in [-0.4, -0.2) is 28.7 Å². The molecule has 0 aliphatic carbocycles. The molecular formula is C7H6F6N4O. The van der Waals surface area contributed by atoms with E-state index in [2.05, 4.69) is 14.7 Å². The van der Waals surface area contributed by atoms with Crippen LogP contribution in [0.3, 0.4) is 0 Å². The van der Waals surface area contributed by atoms with Crippen LogP contribution in [0.5, 0.6) is 5.88 Å². The van der Waals surface area contributed by atoms with Gasteiger partial charge in [0, 0.05) is 0 Å². The fraction of sp³-hybridized carbons (Fsp3) is 0.429. The Morgan fingerprint density at radius 1 is 1.28 bits per heavy atom. The first-order valence-corrected chi connectivity index (χ1v) is 4.24. The van der Waals surface area contributed by atoms with Crippen molar-refractivity contribution in [2.24, 2.45) is 5.84 Å². The van der Waals surface area contributed by atoms with Crippen LogP contribution in [0.15, 0.2) is 6.20 Å². The molecule has 0 unspecified atom stereocenters. The Labute approximate surface area is 95.9 Å². The first kappa shape index (κ1) is 14.3. The van der Waals surface area contributed by atoms with Gasteiger partial charge in [-0.15, -0.1) is 0 Å². The molecule has 0 amide bonds. The van der Waals surface area contributed by atoms with Gasteiger partial charge >= 0.3 is 12.1 Å². The van der Waals surface area contributed by atoms with Crippen LogP contribution in [-0.2, 0) is 0 Å². The average molecular weight is 276 g/mol. The van der Waals surface area contributed by atoms with Crippen LogP contribution in [0.25, 0.3) is 0 Å². The van der Waals surface area contributed by atoms with Gasteiger partial charge in [-0.1, -0.05) is 0 Å². The van der Waals surface area contributed by atoms with E-state index < -0.39 is 36.4 Å². The minimum Gasteiger partial charge on any atom is -0.469 e. The Bertz CT molecular complexity index is 423. The van der Waals surface area contributed by atoms with Crippen molar-refractivity contribution in [3.8, 4) is 5.88 Å². The van der Waals surface area contributed by atoms with E-state index >= 15 is 0 Å². The van der Waals surface area contributed by atoms with E-state index in [1.54, 1.807) is 0 Å². The van der Waals surface area contributed by atoms with E-state index in [9.17, 15) is 26.3 Å². The summed E-state index contributed by atoms with van der Waals surface area (Å²) in [7, 11) is 0. The van der Waals surface area contributed by atoms with Gasteiger partial charge in [0.1, 0.15) is 0 Å². The fourth-order valence-corrected chi connectivity index (χ4v) is 0.763. The zero-order chi connectivity index (χ0) is 14.0. The molecule has 102 valence electrons. The number of hydrogen-bond acceptors (Lipinski definition) is 5. The second-order valence-corrected chi connectivity index (χ2v) is 2.98. The van der Waals surface area contributed by atoms with Crippen molar-refractivity contribution in [2.75, 3.05) is 12.0 Å². The van der Waals surface area contributed by atoms with Gasteiger partial charge in [-0.2, -0.15) is 31.3 Å². The number of nitrogens with zero attached hydrogens (tertiary/aromatic N) is 2. The summed E-state index contributed by atoms with van der Waals surface area (Å²) in [5.41, 5.74) is 1.84. The second-order valence-electron chi connectivity index (χ2n) is 2.98. The van der Waals surface area contributed by atoms with Gasteiger partial charge in [0.15, 0.2) is 6.61 Å². The minimum atomic E-state index is -5.80. The molecule has 3 N–H and O–H groups in total. The molecular weight excluding hydrogens is 270 g/mol. The number of nitrogens with two attached hydrogens (primary N) is 1. The lowest BCUT2D eigenvalue weighted by Crippen LogP contribution is -2.42. The zero-order valence-electron chi connectivity index (χ0n) is 8.43. The predicted molar refractivity (Wildman–Crippen MR) is 46.3 cm³/mol. The quantitative estimate of drug-likeness (QED) is 0.495. The second kappa shape index (κ2) is 4.84. The van der Waals surface area contributed by atoms with Gasteiger partial charge in [-0.3, -0.25) is 5.43 Å². The zero-order valence-corrected chi connectivity index (χ0v) is 8.43. The highest BCUT2D eigenvalue weighted by molar-refractivity contribution is 5.26. The lowest BCUT2D eigenvalue weighted by atomic mass is 10.3. The van der Waals surface area contributed by atoms with Crippen LogP contribution in [0.1, 0.15) is 0 Å². The molecule has 1 aromatic heterocycles. The van der Waals surface area contributed by atoms with Crippen LogP contribution in [0.4, 0.5) is 32.3 Å². The molecule has 0 fully saturated rings. The number of nitrogen functional groups attached to an aromatic ring is 1. The number of halogens is 6. The van der Waals surface area contributed by atoms with Crippen molar-refractivity contribution in [1.29, 1.82) is 0 Å². The fourth-order valence-electron chi connectivity index (χ4n) is 0.763. The molecule has 1 heterocycles. The topological polar surface area (TPSA) is 73.1 Å². The van der Waals surface area contributed by atoms with E-state index in [1.807, 2.05) is 5.43 Å². The highest BCUT2D eigenvalue weighted by atomic mass is 19.4. The Hall–Kier alpha value is -1.78. The number of alkyl halides is 5. The normalized spacial score (nSPS) is 12.4. The summed E-state index contributed by atoms with van der Waals surface area (Å²) in [5.74, 6) is -3.05. The van der Waals surface area contributed by atoms with Crippen molar-refractivity contribution in [3.05, 3.63) is 12.0 Å². The van der Waals surface area contributed by atoms with Gasteiger partial charge < -0.3 is 4.74 Å². The van der Waals surface area contributed by atoms with E-state index in [4.69, 9.17) is 5.84 Å². The average Bonchev–Trinajstić information content (AvgIpc) is 2.26. The lowest BCUT2D eigenvalue weighted by molar-refractivity contribution is -0.290. The van der Waals surface area contributed by atoms with Crippen molar-refractivity contribution in [1.82, 2.24) is 9.97 Å². The third-order valence-corrected chi connectivity index (χ3v) is 1.65. The number of aromatic nitrogens is 2. The summed E-state index contributed by atoms with van der Waals surface area (Å²) >= 11 is 0. The maximum atomic E-state index is 12.9. The first-order valence-electron chi connectivity index (χ1n) is 4.24. The van der Waals surface area contributed by atoms with Gasteiger partial charge in [0.25, 0.3) is 5.88 Å². The molecule has 0 bridgehead atoms. The molecule has 0 saturated carbocycles. The molecule has 0 spiro atoms. The molecule has 0 aliphatic heterocycles. The molecule has 0 saturated heterocycles. The van der Waals surface area contributed by atoms with Crippen LogP contribution in [0.2, 0.25) is 0 Å². The summed E-state index contributed by atoms with van der Waals surface area (Å²) < 4.78 is 77.2. The maximum Gasteiger partial charge on any atom is 0.456 e. The molecule has 11 heteroatoms. The van der Waals surface area contributed by atoms with E-state index in [0.29, 0.717) is 6.20 Å². The third kappa shape index (κ3) is 3.12. The Morgan fingerprint density at radius 3 is 2.39 bits per heavy atom. The molecule has 0 radical (unpaired) electrons. The molecule has 0 aromatic carbocycles. The monoisotopic (exact) mass is 276 g/mol. The largest absolute Gasteiger partial charge is 0.469 e. The van der Waals surface area contributed by atoms with Crippen LogP contribution >= 0.6 is 0 Å². The van der Waals surface area contributed by atoms with Gasteiger partial charge in [-0.05, 0) is 0 Å². The van der Waals surface area contributed by atoms with Crippen LogP contribution in [0, 0.1) is 5.82 Å². The third-order valence-electron chi connectivity index (χ3n) is 1.65. The molecule has 1 rings (SSSR count). The van der Waals surface area contributed by atoms with Crippen LogP contribution < -0.4 is 16.0 Å². The Morgan fingerprint density at radius 2 is 1.89 bits per heavy atom. The Kier molecular flexibility index (Phi) is 3.84. The van der Waals surface area contributed by atoms with Crippen molar-refractivity contribution >= 4 is 5.95 Å². The summed E-state index contributed by atoms with van der Waals surface area (Å²) in [5, 5.41) is 0. The summed E-state index contributed by atoms with van der Waals surface area (Å²) in [6.45, 7) is -2.10. The number of nitrogens with one attached hydrogen (secondary N) is 1. The number of hydrogen-bond donors (Lipinski definition) is 2. The van der Waals surface area contributed by atoms with Crippen molar-refractivity contribution < 1.29 is 31.1 Å². The van der Waals surface area contributed by atoms with Crippen molar-refractivity contribution in [3.63, 3.8) is 0 Å². The molecule has 18 heavy (non-hydrogen) atoms. The van der Waals surface area contributed by atoms with Gasteiger partial charge in [-0.25, -0.2) is 10.8 Å². The van der Waals surface area contributed by atoms with E-state index in [1.165, 1.54) is 0 Å². The number of rotatable bonds is 4. The lowest BCUT2D eigenvalue weighted by Gasteiger charge is -2.19. The molecule has 1 aromatic rings. The van der Waals surface area contributed by atoms with Gasteiger partial charge in [0.2, 0.25) is 11.8 Å². The minimum absolute atomic E-state index is 0.401. The predicted octanol–water partition coefficient (Wildman–Crippen LogP) is 1.48. The standard InChI is InChI=1S/C7H6F6N4O/c8-3-1-15-5(17-14)16-4(3)18-2-6(9,10)7(11,12)13/h1H,2,14H2,(H,15,16,17). The van der Waals surface area contributed by atoms with E-state index in [0.717, 1.165) is 0 Å². The number of anilines is 1. The molecule has 5 nitrogen and oxygen atoms in total. The Balaban J connectivity index is 2.80. The van der Waals surface area contributed by atoms with E-state index in [-0.39, 0.29) is 0 Å². The summed E-state index contributed by atoms with van der Waals surface area (Å²) in [4.78, 5) is 6.37. The highest BCUT2D eigenvalue weighted by Crippen LogP contribution is 2.35. The molecule has 0 aliphatic rings. The first-order chi connectivity index (χ1) is 8.17. The summed E-state index contributed by atoms with van der Waals surface area (Å²) in [6, 6.07) is 0. The SMILES string of the molecule is NNc1ncc(F)c(OCC(F)(F)C(F)(F)F)n1. The maximum absolute atomic E-state index is 12.9. The number of ether oxygens (including phenoxy) is 1. The smallest absolute Gasteiger partial charge is 0.456 e. The van der Waals surface area contributed by atoms with Gasteiger partial charge in [0.05, 0.1) is 6.20 Å².